The van der Waals surface area contributed by atoms with Gasteiger partial charge >= 0.3 is 11.9 Å². The van der Waals surface area contributed by atoms with Gasteiger partial charge in [0.2, 0.25) is 0 Å². The molecule has 8 heteroatoms. The van der Waals surface area contributed by atoms with Crippen LogP contribution in [0.5, 0.6) is 0 Å². The Morgan fingerprint density at radius 1 is 0.833 bits per heavy atom. The molecule has 2 unspecified atom stereocenters. The molecule has 1 aromatic carbocycles. The maximum Gasteiger partial charge on any atom is 0.373 e. The molecule has 0 aromatic heterocycles. The van der Waals surface area contributed by atoms with Crippen LogP contribution in [0, 0.1) is 0 Å². The molecule has 0 amide bonds. The average Bonchev–Trinajstić information content (AvgIpc) is 2.58. The highest BCUT2D eigenvalue weighted by atomic mass is 17.2. The normalized spacial score (nSPS) is 13.2. The van der Waals surface area contributed by atoms with E-state index in [0.29, 0.717) is 12.8 Å². The highest BCUT2D eigenvalue weighted by Gasteiger charge is 2.15. The Morgan fingerprint density at radius 3 is 1.46 bits per heavy atom. The summed E-state index contributed by atoms with van der Waals surface area (Å²) in [6, 6.07) is 5.54. The van der Waals surface area contributed by atoms with E-state index in [9.17, 15) is 9.59 Å². The van der Waals surface area contributed by atoms with Gasteiger partial charge in [-0.1, -0.05) is 0 Å². The molecule has 0 aliphatic heterocycles. The van der Waals surface area contributed by atoms with Crippen molar-refractivity contribution in [2.45, 2.75) is 38.9 Å². The highest BCUT2D eigenvalue weighted by molar-refractivity contribution is 5.92. The molecule has 0 fully saturated rings. The fraction of sp³-hybridized carbons (Fsp3) is 0.500. The quantitative estimate of drug-likeness (QED) is 0.485. The number of rotatable bonds is 10. The van der Waals surface area contributed by atoms with Gasteiger partial charge in [-0.2, -0.15) is 9.78 Å². The van der Waals surface area contributed by atoms with E-state index in [1.807, 2.05) is 0 Å². The first-order valence-corrected chi connectivity index (χ1v) is 7.55. The zero-order chi connectivity index (χ0) is 17.9. The summed E-state index contributed by atoms with van der Waals surface area (Å²) in [4.78, 5) is 42.4. The summed E-state index contributed by atoms with van der Waals surface area (Å²) >= 11 is 0. The zero-order valence-corrected chi connectivity index (χ0v) is 13.6. The van der Waals surface area contributed by atoms with Crippen molar-refractivity contribution in [1.82, 2.24) is 0 Å². The lowest BCUT2D eigenvalue weighted by Gasteiger charge is -2.10. The van der Waals surface area contributed by atoms with Gasteiger partial charge in [0.15, 0.2) is 0 Å². The van der Waals surface area contributed by atoms with Gasteiger partial charge in [0, 0.05) is 26.1 Å². The summed E-state index contributed by atoms with van der Waals surface area (Å²) in [5.41, 5.74) is 0.384. The maximum absolute atomic E-state index is 11.7. The number of aliphatic hydroxyl groups excluding tert-OH is 2. The summed E-state index contributed by atoms with van der Waals surface area (Å²) in [6.45, 7) is 3.16. The minimum atomic E-state index is -0.715. The van der Waals surface area contributed by atoms with Crippen LogP contribution < -0.4 is 0 Å². The number of aliphatic hydroxyl groups is 2. The SMILES string of the molecule is CC(CCO)OOC(=O)c1ccc(C(=O)OOC(C)CCO)cc1. The van der Waals surface area contributed by atoms with Crippen LogP contribution in [0.25, 0.3) is 0 Å². The Balaban J connectivity index is 2.49. The number of carbonyl (C=O) groups is 2. The topological polar surface area (TPSA) is 112 Å². The number of benzene rings is 1. The molecule has 0 spiro atoms. The van der Waals surface area contributed by atoms with E-state index in [0.717, 1.165) is 0 Å². The van der Waals surface area contributed by atoms with Crippen LogP contribution in [-0.2, 0) is 19.6 Å². The van der Waals surface area contributed by atoms with Gasteiger partial charge in [-0.15, -0.1) is 0 Å². The van der Waals surface area contributed by atoms with Crippen molar-refractivity contribution in [2.75, 3.05) is 13.2 Å². The monoisotopic (exact) mass is 342 g/mol. The predicted molar refractivity (Wildman–Crippen MR) is 81.8 cm³/mol. The summed E-state index contributed by atoms with van der Waals surface area (Å²) in [7, 11) is 0. The Hall–Kier alpha value is -2.00. The largest absolute Gasteiger partial charge is 0.396 e. The lowest BCUT2D eigenvalue weighted by atomic mass is 10.1. The third-order valence-electron chi connectivity index (χ3n) is 3.00. The molecular weight excluding hydrogens is 320 g/mol. The van der Waals surface area contributed by atoms with Gasteiger partial charge in [-0.25, -0.2) is 9.59 Å². The van der Waals surface area contributed by atoms with Crippen molar-refractivity contribution in [3.63, 3.8) is 0 Å². The third-order valence-corrected chi connectivity index (χ3v) is 3.00. The molecule has 8 nitrogen and oxygen atoms in total. The van der Waals surface area contributed by atoms with Crippen LogP contribution in [0.2, 0.25) is 0 Å². The summed E-state index contributed by atoms with van der Waals surface area (Å²) in [5.74, 6) is -1.43. The smallest absolute Gasteiger partial charge is 0.373 e. The molecule has 0 bridgehead atoms. The molecule has 0 aliphatic carbocycles. The lowest BCUT2D eigenvalue weighted by molar-refractivity contribution is -0.272. The van der Waals surface area contributed by atoms with Crippen LogP contribution in [0.3, 0.4) is 0 Å². The molecule has 0 aliphatic rings. The second-order valence-corrected chi connectivity index (χ2v) is 5.16. The average molecular weight is 342 g/mol. The fourth-order valence-corrected chi connectivity index (χ4v) is 1.55. The van der Waals surface area contributed by atoms with Gasteiger partial charge < -0.3 is 10.2 Å². The lowest BCUT2D eigenvalue weighted by Crippen LogP contribution is -2.16. The molecular formula is C16H22O8. The first-order chi connectivity index (χ1) is 11.5. The van der Waals surface area contributed by atoms with Crippen LogP contribution in [0.15, 0.2) is 24.3 Å². The van der Waals surface area contributed by atoms with Gasteiger partial charge in [-0.3, -0.25) is 9.78 Å². The maximum atomic E-state index is 11.7. The zero-order valence-electron chi connectivity index (χ0n) is 13.6. The number of hydrogen-bond acceptors (Lipinski definition) is 8. The summed E-state index contributed by atoms with van der Waals surface area (Å²) in [6.07, 6.45) is -0.169. The second-order valence-electron chi connectivity index (χ2n) is 5.16. The van der Waals surface area contributed by atoms with Crippen LogP contribution >= 0.6 is 0 Å². The minimum Gasteiger partial charge on any atom is -0.396 e. The van der Waals surface area contributed by atoms with Crippen LogP contribution in [0.1, 0.15) is 47.4 Å². The van der Waals surface area contributed by atoms with Crippen LogP contribution in [0.4, 0.5) is 0 Å². The number of carbonyl (C=O) groups excluding carboxylic acids is 2. The van der Waals surface area contributed by atoms with Crippen molar-refractivity contribution < 1.29 is 39.4 Å². The molecule has 2 N–H and O–H groups in total. The van der Waals surface area contributed by atoms with E-state index >= 15 is 0 Å². The fourth-order valence-electron chi connectivity index (χ4n) is 1.55. The van der Waals surface area contributed by atoms with Gasteiger partial charge in [0.05, 0.1) is 11.1 Å². The van der Waals surface area contributed by atoms with Crippen molar-refractivity contribution in [3.8, 4) is 0 Å². The van der Waals surface area contributed by atoms with Gasteiger partial charge in [-0.05, 0) is 38.1 Å². The molecule has 0 heterocycles. The van der Waals surface area contributed by atoms with E-state index in [4.69, 9.17) is 20.0 Å². The molecule has 2 atom stereocenters. The molecule has 0 radical (unpaired) electrons. The Bertz CT molecular complexity index is 466. The predicted octanol–water partition coefficient (Wildman–Crippen LogP) is 1.41. The standard InChI is InChI=1S/C16H22O8/c1-11(7-9-17)21-23-15(19)13-3-5-14(6-4-13)16(20)24-22-12(2)8-10-18/h3-6,11-12,17-18H,7-10H2,1-2H3. The van der Waals surface area contributed by atoms with E-state index in [1.165, 1.54) is 24.3 Å². The van der Waals surface area contributed by atoms with E-state index in [1.54, 1.807) is 13.8 Å². The van der Waals surface area contributed by atoms with E-state index < -0.39 is 24.1 Å². The minimum absolute atomic E-state index is 0.0749. The van der Waals surface area contributed by atoms with Crippen molar-refractivity contribution in [2.24, 2.45) is 0 Å². The highest BCUT2D eigenvalue weighted by Crippen LogP contribution is 2.10. The molecule has 24 heavy (non-hydrogen) atoms. The Morgan fingerprint density at radius 2 is 1.17 bits per heavy atom. The number of hydrogen-bond donors (Lipinski definition) is 2. The van der Waals surface area contributed by atoms with Crippen LogP contribution in [-0.4, -0.2) is 47.6 Å². The van der Waals surface area contributed by atoms with Crippen molar-refractivity contribution in [3.05, 3.63) is 35.4 Å². The Labute approximate surface area is 139 Å². The first-order valence-electron chi connectivity index (χ1n) is 7.55. The van der Waals surface area contributed by atoms with Gasteiger partial charge in [0.25, 0.3) is 0 Å². The summed E-state index contributed by atoms with van der Waals surface area (Å²) < 4.78 is 0. The molecule has 134 valence electrons. The first kappa shape index (κ1) is 20.0. The Kier molecular flexibility index (Phi) is 8.95. The molecule has 0 saturated heterocycles. The molecule has 1 rings (SSSR count). The second kappa shape index (κ2) is 10.7. The van der Waals surface area contributed by atoms with Gasteiger partial charge in [0.1, 0.15) is 12.2 Å². The van der Waals surface area contributed by atoms with E-state index in [-0.39, 0.29) is 24.3 Å². The third kappa shape index (κ3) is 7.05. The van der Waals surface area contributed by atoms with Crippen molar-refractivity contribution >= 4 is 11.9 Å². The molecule has 0 saturated carbocycles. The summed E-state index contributed by atoms with van der Waals surface area (Å²) in [5, 5.41) is 17.4. The van der Waals surface area contributed by atoms with Crippen molar-refractivity contribution in [1.29, 1.82) is 0 Å². The van der Waals surface area contributed by atoms with E-state index in [2.05, 4.69) is 9.78 Å². The molecule has 1 aromatic rings.